The highest BCUT2D eigenvalue weighted by Crippen LogP contribution is 2.44. The molecule has 19 heavy (non-hydrogen) atoms. The summed E-state index contributed by atoms with van der Waals surface area (Å²) < 4.78 is 1.78. The van der Waals surface area contributed by atoms with E-state index in [1.54, 1.807) is 16.4 Å². The zero-order valence-electron chi connectivity index (χ0n) is 11.1. The smallest absolute Gasteiger partial charge is 0.238 e. The monoisotopic (exact) mass is 280 g/mol. The van der Waals surface area contributed by atoms with Crippen LogP contribution < -0.4 is 11.1 Å². The lowest BCUT2D eigenvalue weighted by molar-refractivity contribution is -0.124. The van der Waals surface area contributed by atoms with Gasteiger partial charge < -0.3 is 5.73 Å². The number of nitrogens with two attached hydrogens (primary N) is 1. The number of rotatable bonds is 7. The van der Waals surface area contributed by atoms with E-state index in [1.807, 2.05) is 19.4 Å². The molecule has 1 unspecified atom stereocenters. The van der Waals surface area contributed by atoms with Crippen molar-refractivity contribution in [2.24, 2.45) is 18.7 Å². The predicted octanol–water partition coefficient (Wildman–Crippen LogP) is 0.898. The molecular weight excluding hydrogens is 260 g/mol. The fraction of sp³-hybridized carbons (Fsp3) is 0.692. The Kier molecular flexibility index (Phi) is 3.30. The standard InChI is InChI=1S/C13H20N4OS/c1-17-7-11(6-15-17)19-8-13(12(14)18,9-2-3-9)16-10-4-5-10/h6-7,9-10,16H,2-5,8H2,1H3,(H2,14,18). The van der Waals surface area contributed by atoms with Gasteiger partial charge in [0.2, 0.25) is 5.91 Å². The number of nitrogens with zero attached hydrogens (tertiary/aromatic N) is 2. The Morgan fingerprint density at radius 2 is 2.32 bits per heavy atom. The van der Waals surface area contributed by atoms with Gasteiger partial charge in [-0.2, -0.15) is 5.10 Å². The largest absolute Gasteiger partial charge is 0.368 e. The summed E-state index contributed by atoms with van der Waals surface area (Å²) in [5.74, 6) is 0.919. The maximum Gasteiger partial charge on any atom is 0.238 e. The van der Waals surface area contributed by atoms with Gasteiger partial charge in [-0.1, -0.05) is 0 Å². The molecule has 1 aromatic rings. The molecule has 0 saturated heterocycles. The maximum absolute atomic E-state index is 12.0. The summed E-state index contributed by atoms with van der Waals surface area (Å²) in [6, 6.07) is 0.489. The van der Waals surface area contributed by atoms with Gasteiger partial charge in [-0.15, -0.1) is 11.8 Å². The van der Waals surface area contributed by atoms with Crippen molar-refractivity contribution in [1.82, 2.24) is 15.1 Å². The molecule has 2 aliphatic rings. The number of hydrogen-bond acceptors (Lipinski definition) is 4. The first-order valence-electron chi connectivity index (χ1n) is 6.79. The van der Waals surface area contributed by atoms with E-state index >= 15 is 0 Å². The zero-order valence-corrected chi connectivity index (χ0v) is 11.9. The average Bonchev–Trinajstić information content (AvgIpc) is 3.25. The fourth-order valence-corrected chi connectivity index (χ4v) is 3.66. The second-order valence-corrected chi connectivity index (χ2v) is 6.72. The normalized spacial score (nSPS) is 22.2. The maximum atomic E-state index is 12.0. The lowest BCUT2D eigenvalue weighted by Gasteiger charge is -2.31. The minimum absolute atomic E-state index is 0.196. The number of hydrogen-bond donors (Lipinski definition) is 2. The number of nitrogens with one attached hydrogen (secondary N) is 1. The SMILES string of the molecule is Cn1cc(SCC(NC2CC2)(C(N)=O)C2CC2)cn1. The van der Waals surface area contributed by atoms with Gasteiger partial charge >= 0.3 is 0 Å². The van der Waals surface area contributed by atoms with Crippen molar-refractivity contribution in [1.29, 1.82) is 0 Å². The van der Waals surface area contributed by atoms with Crippen LogP contribution in [0, 0.1) is 5.92 Å². The van der Waals surface area contributed by atoms with Crippen molar-refractivity contribution >= 4 is 17.7 Å². The van der Waals surface area contributed by atoms with Crippen LogP contribution >= 0.6 is 11.8 Å². The molecule has 2 fully saturated rings. The second kappa shape index (κ2) is 4.83. The first-order valence-corrected chi connectivity index (χ1v) is 7.78. The van der Waals surface area contributed by atoms with Crippen LogP contribution in [0.3, 0.4) is 0 Å². The van der Waals surface area contributed by atoms with Gasteiger partial charge in [-0.05, 0) is 31.6 Å². The van der Waals surface area contributed by atoms with Crippen LogP contribution in [0.25, 0.3) is 0 Å². The molecule has 0 radical (unpaired) electrons. The number of thioether (sulfide) groups is 1. The van der Waals surface area contributed by atoms with Crippen molar-refractivity contribution in [3.8, 4) is 0 Å². The second-order valence-electron chi connectivity index (χ2n) is 5.67. The summed E-state index contributed by atoms with van der Waals surface area (Å²) >= 11 is 1.67. The topological polar surface area (TPSA) is 72.9 Å². The van der Waals surface area contributed by atoms with E-state index < -0.39 is 5.54 Å². The molecule has 3 rings (SSSR count). The number of aromatic nitrogens is 2. The molecule has 2 saturated carbocycles. The third-order valence-corrected chi connectivity index (χ3v) is 5.04. The first kappa shape index (κ1) is 13.0. The van der Waals surface area contributed by atoms with Gasteiger partial charge in [-0.3, -0.25) is 14.8 Å². The summed E-state index contributed by atoms with van der Waals surface area (Å²) in [6.45, 7) is 0. The van der Waals surface area contributed by atoms with Crippen molar-refractivity contribution in [2.45, 2.75) is 42.2 Å². The Balaban J connectivity index is 1.72. The van der Waals surface area contributed by atoms with Crippen LogP contribution in [-0.4, -0.2) is 33.0 Å². The summed E-state index contributed by atoms with van der Waals surface area (Å²) in [5.41, 5.74) is 5.20. The number of amides is 1. The molecule has 104 valence electrons. The lowest BCUT2D eigenvalue weighted by atomic mass is 9.94. The number of aryl methyl sites for hydroxylation is 1. The molecule has 2 aliphatic carbocycles. The van der Waals surface area contributed by atoms with Gasteiger partial charge in [0.1, 0.15) is 5.54 Å². The molecular formula is C13H20N4OS. The van der Waals surface area contributed by atoms with E-state index in [4.69, 9.17) is 5.73 Å². The summed E-state index contributed by atoms with van der Waals surface area (Å²) in [6.07, 6.45) is 8.35. The summed E-state index contributed by atoms with van der Waals surface area (Å²) in [5, 5.41) is 7.68. The van der Waals surface area contributed by atoms with Gasteiger partial charge in [0.25, 0.3) is 0 Å². The summed E-state index contributed by atoms with van der Waals surface area (Å²) in [4.78, 5) is 13.1. The molecule has 0 aromatic carbocycles. The molecule has 3 N–H and O–H groups in total. The number of primary amides is 1. The van der Waals surface area contributed by atoms with Gasteiger partial charge in [0, 0.05) is 29.9 Å². The Bertz CT molecular complexity index is 481. The molecule has 0 aliphatic heterocycles. The third-order valence-electron chi connectivity index (χ3n) is 3.90. The Morgan fingerprint density at radius 1 is 1.58 bits per heavy atom. The zero-order chi connectivity index (χ0) is 13.5. The predicted molar refractivity (Wildman–Crippen MR) is 74.7 cm³/mol. The lowest BCUT2D eigenvalue weighted by Crippen LogP contribution is -2.60. The Labute approximate surface area is 117 Å². The van der Waals surface area contributed by atoms with E-state index in [0.29, 0.717) is 17.7 Å². The van der Waals surface area contributed by atoms with Crippen molar-refractivity contribution in [3.63, 3.8) is 0 Å². The number of carbonyl (C=O) groups excluding carboxylic acids is 1. The highest BCUT2D eigenvalue weighted by atomic mass is 32.2. The minimum Gasteiger partial charge on any atom is -0.368 e. The Hall–Kier alpha value is -1.01. The van der Waals surface area contributed by atoms with Crippen LogP contribution in [0.15, 0.2) is 17.3 Å². The average molecular weight is 280 g/mol. The van der Waals surface area contributed by atoms with Crippen LogP contribution in [0.2, 0.25) is 0 Å². The van der Waals surface area contributed by atoms with E-state index in [2.05, 4.69) is 10.4 Å². The molecule has 1 heterocycles. The summed E-state index contributed by atoms with van der Waals surface area (Å²) in [7, 11) is 1.90. The van der Waals surface area contributed by atoms with Crippen LogP contribution in [-0.2, 0) is 11.8 Å². The van der Waals surface area contributed by atoms with Crippen LogP contribution in [0.5, 0.6) is 0 Å². The number of carbonyl (C=O) groups is 1. The van der Waals surface area contributed by atoms with E-state index in [9.17, 15) is 4.79 Å². The van der Waals surface area contributed by atoms with Gasteiger partial charge in [0.05, 0.1) is 6.20 Å². The molecule has 5 nitrogen and oxygen atoms in total. The minimum atomic E-state index is -0.526. The highest BCUT2D eigenvalue weighted by Gasteiger charge is 2.51. The molecule has 6 heteroatoms. The van der Waals surface area contributed by atoms with E-state index in [0.717, 1.165) is 17.7 Å². The highest BCUT2D eigenvalue weighted by molar-refractivity contribution is 7.99. The molecule has 1 amide bonds. The molecule has 1 atom stereocenters. The van der Waals surface area contributed by atoms with Crippen LogP contribution in [0.4, 0.5) is 0 Å². The first-order chi connectivity index (χ1) is 9.10. The van der Waals surface area contributed by atoms with Gasteiger partial charge in [-0.25, -0.2) is 0 Å². The molecule has 0 bridgehead atoms. The van der Waals surface area contributed by atoms with Crippen molar-refractivity contribution < 1.29 is 4.79 Å². The van der Waals surface area contributed by atoms with E-state index in [-0.39, 0.29) is 5.91 Å². The fourth-order valence-electron chi connectivity index (χ4n) is 2.46. The van der Waals surface area contributed by atoms with Crippen LogP contribution in [0.1, 0.15) is 25.7 Å². The molecule has 0 spiro atoms. The van der Waals surface area contributed by atoms with E-state index in [1.165, 1.54) is 12.8 Å². The Morgan fingerprint density at radius 3 is 2.79 bits per heavy atom. The van der Waals surface area contributed by atoms with Crippen molar-refractivity contribution in [2.75, 3.05) is 5.75 Å². The molecule has 1 aromatic heterocycles. The van der Waals surface area contributed by atoms with Crippen molar-refractivity contribution in [3.05, 3.63) is 12.4 Å². The van der Waals surface area contributed by atoms with Gasteiger partial charge in [0.15, 0.2) is 0 Å². The third kappa shape index (κ3) is 2.79. The quantitative estimate of drug-likeness (QED) is 0.728.